The number of hydrogen-bond donors (Lipinski definition) is 2. The Bertz CT molecular complexity index is 513. The first-order valence-electron chi connectivity index (χ1n) is 6.23. The summed E-state index contributed by atoms with van der Waals surface area (Å²) < 4.78 is 0. The van der Waals surface area contributed by atoms with Gasteiger partial charge in [0.15, 0.2) is 0 Å². The van der Waals surface area contributed by atoms with Gasteiger partial charge >= 0.3 is 0 Å². The molecule has 2 aromatic rings. The highest BCUT2D eigenvalue weighted by molar-refractivity contribution is 5.78. The molecule has 1 amide bonds. The van der Waals surface area contributed by atoms with Crippen molar-refractivity contribution >= 4 is 5.91 Å². The number of amides is 1. The Morgan fingerprint density at radius 2 is 2.00 bits per heavy atom. The van der Waals surface area contributed by atoms with Crippen LogP contribution < -0.4 is 11.1 Å². The fourth-order valence-electron chi connectivity index (χ4n) is 1.94. The summed E-state index contributed by atoms with van der Waals surface area (Å²) >= 11 is 0. The summed E-state index contributed by atoms with van der Waals surface area (Å²) in [5.74, 6) is -0.162. The molecule has 0 aliphatic heterocycles. The van der Waals surface area contributed by atoms with Gasteiger partial charge in [0.05, 0.1) is 12.6 Å². The molecule has 4 heteroatoms. The van der Waals surface area contributed by atoms with E-state index in [0.29, 0.717) is 0 Å². The molecule has 1 heterocycles. The topological polar surface area (TPSA) is 68.0 Å². The zero-order valence-corrected chi connectivity index (χ0v) is 10.6. The average Bonchev–Trinajstić information content (AvgIpc) is 2.48. The molecule has 0 aliphatic carbocycles. The average molecular weight is 255 g/mol. The molecule has 1 aromatic carbocycles. The third-order valence-corrected chi connectivity index (χ3v) is 2.89. The van der Waals surface area contributed by atoms with Crippen LogP contribution in [0, 0.1) is 0 Å². The molecule has 0 bridgehead atoms. The third kappa shape index (κ3) is 3.89. The highest BCUT2D eigenvalue weighted by atomic mass is 16.1. The van der Waals surface area contributed by atoms with Crippen molar-refractivity contribution in [2.24, 2.45) is 5.73 Å². The van der Waals surface area contributed by atoms with E-state index in [9.17, 15) is 4.79 Å². The molecule has 4 nitrogen and oxygen atoms in total. The molecule has 0 saturated carbocycles. The lowest BCUT2D eigenvalue weighted by atomic mass is 10.00. The van der Waals surface area contributed by atoms with Gasteiger partial charge in [0, 0.05) is 12.4 Å². The smallest absolute Gasteiger partial charge is 0.234 e. The van der Waals surface area contributed by atoms with E-state index in [1.54, 1.807) is 12.4 Å². The summed E-state index contributed by atoms with van der Waals surface area (Å²) in [6, 6.07) is 13.7. The molecule has 0 fully saturated rings. The van der Waals surface area contributed by atoms with Crippen molar-refractivity contribution in [1.82, 2.24) is 10.3 Å². The van der Waals surface area contributed by atoms with Crippen LogP contribution in [0.5, 0.6) is 0 Å². The van der Waals surface area contributed by atoms with Crippen LogP contribution in [-0.4, -0.2) is 17.4 Å². The molecule has 1 atom stereocenters. The number of hydrogen-bond acceptors (Lipinski definition) is 3. The molecular weight excluding hydrogens is 238 g/mol. The van der Waals surface area contributed by atoms with Gasteiger partial charge < -0.3 is 11.1 Å². The normalized spacial score (nSPS) is 11.8. The predicted molar refractivity (Wildman–Crippen MR) is 74.3 cm³/mol. The van der Waals surface area contributed by atoms with E-state index in [0.717, 1.165) is 17.5 Å². The van der Waals surface area contributed by atoms with Gasteiger partial charge in [-0.2, -0.15) is 0 Å². The number of carbonyl (C=O) groups is 1. The summed E-state index contributed by atoms with van der Waals surface area (Å²) in [6.07, 6.45) is 4.20. The summed E-state index contributed by atoms with van der Waals surface area (Å²) in [4.78, 5) is 15.6. The number of pyridine rings is 1. The lowest BCUT2D eigenvalue weighted by molar-refractivity contribution is -0.120. The maximum atomic E-state index is 11.5. The number of benzene rings is 1. The molecule has 2 rings (SSSR count). The summed E-state index contributed by atoms with van der Waals surface area (Å²) in [6.45, 7) is -0.00838. The Kier molecular flexibility index (Phi) is 4.64. The van der Waals surface area contributed by atoms with Crippen LogP contribution >= 0.6 is 0 Å². The number of nitrogens with two attached hydrogens (primary N) is 1. The van der Waals surface area contributed by atoms with E-state index in [4.69, 9.17) is 5.73 Å². The number of nitrogens with zero attached hydrogens (tertiary/aromatic N) is 1. The molecule has 0 saturated heterocycles. The van der Waals surface area contributed by atoms with E-state index in [1.165, 1.54) is 0 Å². The molecule has 0 spiro atoms. The van der Waals surface area contributed by atoms with E-state index in [2.05, 4.69) is 10.3 Å². The molecule has 98 valence electrons. The van der Waals surface area contributed by atoms with E-state index >= 15 is 0 Å². The number of rotatable bonds is 5. The third-order valence-electron chi connectivity index (χ3n) is 2.89. The van der Waals surface area contributed by atoms with Gasteiger partial charge in [-0.05, 0) is 23.6 Å². The number of nitrogens with one attached hydrogen (secondary N) is 1. The molecule has 3 N–H and O–H groups in total. The van der Waals surface area contributed by atoms with Crippen LogP contribution in [0.1, 0.15) is 17.2 Å². The van der Waals surface area contributed by atoms with Gasteiger partial charge in [0.1, 0.15) is 0 Å². The van der Waals surface area contributed by atoms with Gasteiger partial charge in [0.25, 0.3) is 0 Å². The highest BCUT2D eigenvalue weighted by Gasteiger charge is 2.14. The lowest BCUT2D eigenvalue weighted by Crippen LogP contribution is -2.34. The fourth-order valence-corrected chi connectivity index (χ4v) is 1.94. The fraction of sp³-hybridized carbons (Fsp3) is 0.200. The lowest BCUT2D eigenvalue weighted by Gasteiger charge is -2.18. The second kappa shape index (κ2) is 6.66. The molecule has 1 unspecified atom stereocenters. The van der Waals surface area contributed by atoms with Crippen LogP contribution in [0.2, 0.25) is 0 Å². The second-order valence-corrected chi connectivity index (χ2v) is 4.30. The Labute approximate surface area is 112 Å². The molecule has 19 heavy (non-hydrogen) atoms. The maximum absolute atomic E-state index is 11.5. The van der Waals surface area contributed by atoms with E-state index in [-0.39, 0.29) is 18.5 Å². The molecule has 0 radical (unpaired) electrons. The van der Waals surface area contributed by atoms with Crippen LogP contribution in [0.4, 0.5) is 0 Å². The first-order chi connectivity index (χ1) is 9.29. The molecule has 0 aliphatic rings. The Balaban J connectivity index is 2.17. The molecule has 1 aromatic heterocycles. The van der Waals surface area contributed by atoms with Crippen LogP contribution in [0.15, 0.2) is 54.9 Å². The quantitative estimate of drug-likeness (QED) is 0.849. The van der Waals surface area contributed by atoms with Crippen LogP contribution in [0.25, 0.3) is 0 Å². The van der Waals surface area contributed by atoms with Gasteiger partial charge in [-0.15, -0.1) is 0 Å². The van der Waals surface area contributed by atoms with Crippen molar-refractivity contribution in [3.63, 3.8) is 0 Å². The van der Waals surface area contributed by atoms with E-state index < -0.39 is 0 Å². The second-order valence-electron chi connectivity index (χ2n) is 4.30. The van der Waals surface area contributed by atoms with Gasteiger partial charge in [-0.3, -0.25) is 9.78 Å². The minimum absolute atomic E-state index is 0.00838. The van der Waals surface area contributed by atoms with Crippen molar-refractivity contribution in [3.8, 4) is 0 Å². The summed E-state index contributed by atoms with van der Waals surface area (Å²) in [5.41, 5.74) is 7.50. The van der Waals surface area contributed by atoms with Crippen LogP contribution in [0.3, 0.4) is 0 Å². The summed E-state index contributed by atoms with van der Waals surface area (Å²) in [7, 11) is 0. The Morgan fingerprint density at radius 1 is 1.21 bits per heavy atom. The van der Waals surface area contributed by atoms with Crippen molar-refractivity contribution < 1.29 is 4.79 Å². The van der Waals surface area contributed by atoms with Crippen molar-refractivity contribution in [1.29, 1.82) is 0 Å². The van der Waals surface area contributed by atoms with Gasteiger partial charge in [-0.1, -0.05) is 36.4 Å². The Morgan fingerprint density at radius 3 is 2.63 bits per heavy atom. The zero-order chi connectivity index (χ0) is 13.5. The minimum atomic E-state index is -0.162. The number of carbonyl (C=O) groups excluding carboxylic acids is 1. The number of aromatic nitrogens is 1. The van der Waals surface area contributed by atoms with Crippen molar-refractivity contribution in [3.05, 3.63) is 66.0 Å². The first-order valence-corrected chi connectivity index (χ1v) is 6.23. The van der Waals surface area contributed by atoms with Crippen molar-refractivity contribution in [2.45, 2.75) is 12.5 Å². The first kappa shape index (κ1) is 13.2. The maximum Gasteiger partial charge on any atom is 0.234 e. The van der Waals surface area contributed by atoms with Crippen LogP contribution in [-0.2, 0) is 11.2 Å². The largest absolute Gasteiger partial charge is 0.348 e. The highest BCUT2D eigenvalue weighted by Crippen LogP contribution is 2.17. The van der Waals surface area contributed by atoms with E-state index in [1.807, 2.05) is 42.5 Å². The monoisotopic (exact) mass is 255 g/mol. The van der Waals surface area contributed by atoms with Crippen molar-refractivity contribution in [2.75, 3.05) is 6.54 Å². The Hall–Kier alpha value is -2.20. The SMILES string of the molecule is NCC(=O)NC(Cc1ccccc1)c1cccnc1. The summed E-state index contributed by atoms with van der Waals surface area (Å²) in [5, 5.41) is 2.93. The van der Waals surface area contributed by atoms with Gasteiger partial charge in [-0.25, -0.2) is 0 Å². The minimum Gasteiger partial charge on any atom is -0.348 e. The molecular formula is C15H17N3O. The standard InChI is InChI=1S/C15H17N3O/c16-10-15(19)18-14(13-7-4-8-17-11-13)9-12-5-2-1-3-6-12/h1-8,11,14H,9-10,16H2,(H,18,19). The van der Waals surface area contributed by atoms with Gasteiger partial charge in [0.2, 0.25) is 5.91 Å². The zero-order valence-electron chi connectivity index (χ0n) is 10.6. The predicted octanol–water partition coefficient (Wildman–Crippen LogP) is 1.44.